The van der Waals surface area contributed by atoms with Crippen molar-refractivity contribution in [1.82, 2.24) is 9.80 Å². The largest absolute Gasteiger partial charge is 0.496 e. The average molecular weight is 479 g/mol. The lowest BCUT2D eigenvalue weighted by Gasteiger charge is -2.30. The van der Waals surface area contributed by atoms with Crippen molar-refractivity contribution >= 4 is 11.8 Å². The number of aryl methyl sites for hydroxylation is 1. The molecule has 1 aliphatic heterocycles. The van der Waals surface area contributed by atoms with E-state index in [1.54, 1.807) is 34.1 Å². The van der Waals surface area contributed by atoms with Gasteiger partial charge >= 0.3 is 0 Å². The number of hydrogen-bond acceptors (Lipinski definition) is 6. The maximum Gasteiger partial charge on any atom is 0.258 e. The number of methoxy groups -OCH3 is 1. The Labute approximate surface area is 205 Å². The fourth-order valence-electron chi connectivity index (χ4n) is 3.96. The molecule has 4 rings (SSSR count). The Morgan fingerprint density at radius 2 is 1.77 bits per heavy atom. The van der Waals surface area contributed by atoms with Crippen molar-refractivity contribution in [2.75, 3.05) is 20.4 Å². The monoisotopic (exact) mass is 478 g/mol. The maximum absolute atomic E-state index is 13.6. The van der Waals surface area contributed by atoms with E-state index in [0.29, 0.717) is 35.1 Å². The Morgan fingerprint density at radius 1 is 1.00 bits per heavy atom. The van der Waals surface area contributed by atoms with E-state index in [4.69, 9.17) is 18.6 Å². The molecule has 8 heteroatoms. The molecule has 35 heavy (non-hydrogen) atoms. The van der Waals surface area contributed by atoms with Gasteiger partial charge in [-0.15, -0.1) is 0 Å². The lowest BCUT2D eigenvalue weighted by molar-refractivity contribution is -0.133. The maximum atomic E-state index is 13.6. The number of nitrogens with zero attached hydrogens (tertiary/aromatic N) is 2. The predicted molar refractivity (Wildman–Crippen MR) is 129 cm³/mol. The number of para-hydroxylation sites is 1. The van der Waals surface area contributed by atoms with E-state index in [1.807, 2.05) is 51.1 Å². The second-order valence-electron chi connectivity index (χ2n) is 8.68. The zero-order valence-corrected chi connectivity index (χ0v) is 20.4. The molecule has 2 aromatic carbocycles. The van der Waals surface area contributed by atoms with E-state index in [-0.39, 0.29) is 37.7 Å². The number of ether oxygens (including phenoxy) is 3. The zero-order valence-electron chi connectivity index (χ0n) is 20.4. The number of carbonyl (C=O) groups excluding carboxylic acids is 2. The average Bonchev–Trinajstić information content (AvgIpc) is 3.49. The minimum Gasteiger partial charge on any atom is -0.496 e. The van der Waals surface area contributed by atoms with Gasteiger partial charge in [0.05, 0.1) is 19.2 Å². The van der Waals surface area contributed by atoms with Gasteiger partial charge in [-0.05, 0) is 62.7 Å². The van der Waals surface area contributed by atoms with Crippen LogP contribution in [0.4, 0.5) is 0 Å². The first-order valence-corrected chi connectivity index (χ1v) is 11.5. The normalized spacial score (nSPS) is 12.0. The molecule has 0 unspecified atom stereocenters. The third kappa shape index (κ3) is 5.59. The minimum atomic E-state index is -0.261. The van der Waals surface area contributed by atoms with Crippen molar-refractivity contribution in [3.05, 3.63) is 77.2 Å². The quantitative estimate of drug-likeness (QED) is 0.453. The van der Waals surface area contributed by atoms with Gasteiger partial charge in [0.2, 0.25) is 12.7 Å². The lowest BCUT2D eigenvalue weighted by Crippen LogP contribution is -2.45. The van der Waals surface area contributed by atoms with Crippen LogP contribution in [0.1, 0.15) is 41.3 Å². The van der Waals surface area contributed by atoms with E-state index >= 15 is 0 Å². The Hall–Kier alpha value is -3.94. The van der Waals surface area contributed by atoms with Gasteiger partial charge < -0.3 is 28.4 Å². The van der Waals surface area contributed by atoms with Gasteiger partial charge in [0, 0.05) is 12.6 Å². The highest BCUT2D eigenvalue weighted by atomic mass is 16.7. The molecule has 3 aromatic rings. The van der Waals surface area contributed by atoms with Gasteiger partial charge in [-0.3, -0.25) is 9.59 Å². The van der Waals surface area contributed by atoms with Crippen LogP contribution in [0.2, 0.25) is 0 Å². The molecule has 0 spiro atoms. The molecule has 2 heterocycles. The summed E-state index contributed by atoms with van der Waals surface area (Å²) in [6, 6.07) is 16.2. The second-order valence-corrected chi connectivity index (χ2v) is 8.68. The summed E-state index contributed by atoms with van der Waals surface area (Å²) in [6.07, 6.45) is 0. The predicted octanol–water partition coefficient (Wildman–Crippen LogP) is 4.40. The Morgan fingerprint density at radius 3 is 2.49 bits per heavy atom. The van der Waals surface area contributed by atoms with Crippen LogP contribution in [0.15, 0.2) is 59.0 Å². The van der Waals surface area contributed by atoms with E-state index in [9.17, 15) is 9.59 Å². The fraction of sp³-hybridized carbons (Fsp3) is 0.333. The number of carbonyl (C=O) groups is 2. The van der Waals surface area contributed by atoms with Crippen LogP contribution in [-0.2, 0) is 17.9 Å². The molecule has 0 atom stereocenters. The van der Waals surface area contributed by atoms with Crippen LogP contribution in [0.3, 0.4) is 0 Å². The summed E-state index contributed by atoms with van der Waals surface area (Å²) in [5.41, 5.74) is 1.30. The highest BCUT2D eigenvalue weighted by molar-refractivity contribution is 5.99. The van der Waals surface area contributed by atoms with Crippen LogP contribution < -0.4 is 14.2 Å². The lowest BCUT2D eigenvalue weighted by atomic mass is 10.1. The third-order valence-electron chi connectivity index (χ3n) is 5.83. The van der Waals surface area contributed by atoms with Crippen molar-refractivity contribution in [3.8, 4) is 17.2 Å². The standard InChI is InChI=1S/C27H30N2O6/c1-18(2)29(27(31)22-7-5-6-8-23(22)32-4)16-26(30)28(15-21-11-9-19(3)35-21)14-20-10-12-24-25(13-20)34-17-33-24/h5-13,18H,14-17H2,1-4H3. The summed E-state index contributed by atoms with van der Waals surface area (Å²) in [5, 5.41) is 0. The number of rotatable bonds is 9. The Balaban J connectivity index is 1.57. The van der Waals surface area contributed by atoms with Crippen LogP contribution in [-0.4, -0.2) is 48.1 Å². The fourth-order valence-corrected chi connectivity index (χ4v) is 3.96. The highest BCUT2D eigenvalue weighted by Crippen LogP contribution is 2.33. The molecule has 8 nitrogen and oxygen atoms in total. The molecule has 2 amide bonds. The van der Waals surface area contributed by atoms with Crippen molar-refractivity contribution in [2.24, 2.45) is 0 Å². The van der Waals surface area contributed by atoms with Crippen molar-refractivity contribution in [3.63, 3.8) is 0 Å². The van der Waals surface area contributed by atoms with Gasteiger partial charge in [-0.1, -0.05) is 18.2 Å². The number of amides is 2. The molecule has 1 aromatic heterocycles. The molecule has 0 fully saturated rings. The number of furan rings is 1. The van der Waals surface area contributed by atoms with Crippen molar-refractivity contribution < 1.29 is 28.2 Å². The Kier molecular flexibility index (Phi) is 7.29. The molecule has 0 N–H and O–H groups in total. The summed E-state index contributed by atoms with van der Waals surface area (Å²) < 4.78 is 22.0. The summed E-state index contributed by atoms with van der Waals surface area (Å²) in [6.45, 7) is 6.33. The van der Waals surface area contributed by atoms with E-state index in [2.05, 4.69) is 0 Å². The first-order chi connectivity index (χ1) is 16.9. The van der Waals surface area contributed by atoms with Crippen LogP contribution in [0.25, 0.3) is 0 Å². The van der Waals surface area contributed by atoms with E-state index in [0.717, 1.165) is 11.3 Å². The van der Waals surface area contributed by atoms with Crippen molar-refractivity contribution in [1.29, 1.82) is 0 Å². The molecule has 0 bridgehead atoms. The number of hydrogen-bond donors (Lipinski definition) is 0. The van der Waals surface area contributed by atoms with Gasteiger partial charge in [-0.25, -0.2) is 0 Å². The molecular weight excluding hydrogens is 448 g/mol. The van der Waals surface area contributed by atoms with E-state index < -0.39 is 0 Å². The van der Waals surface area contributed by atoms with Gasteiger partial charge in [0.1, 0.15) is 23.8 Å². The number of benzene rings is 2. The number of fused-ring (bicyclic) bond motifs is 1. The van der Waals surface area contributed by atoms with Crippen LogP contribution in [0.5, 0.6) is 17.2 Å². The third-order valence-corrected chi connectivity index (χ3v) is 5.83. The molecule has 0 aliphatic carbocycles. The molecular formula is C27H30N2O6. The highest BCUT2D eigenvalue weighted by Gasteiger charge is 2.27. The first kappa shape index (κ1) is 24.2. The van der Waals surface area contributed by atoms with Gasteiger partial charge in [0.25, 0.3) is 5.91 Å². The molecule has 1 aliphatic rings. The molecule has 0 saturated heterocycles. The van der Waals surface area contributed by atoms with E-state index in [1.165, 1.54) is 7.11 Å². The molecule has 0 saturated carbocycles. The molecule has 184 valence electrons. The van der Waals surface area contributed by atoms with Crippen LogP contribution in [0, 0.1) is 6.92 Å². The van der Waals surface area contributed by atoms with Crippen LogP contribution >= 0.6 is 0 Å². The topological polar surface area (TPSA) is 81.5 Å². The second kappa shape index (κ2) is 10.5. The summed E-state index contributed by atoms with van der Waals surface area (Å²) >= 11 is 0. The SMILES string of the molecule is COc1ccccc1C(=O)N(CC(=O)N(Cc1ccc2c(c1)OCO2)Cc1ccc(C)o1)C(C)C. The minimum absolute atomic E-state index is 0.0845. The Bertz CT molecular complexity index is 1200. The summed E-state index contributed by atoms with van der Waals surface area (Å²) in [4.78, 5) is 30.2. The van der Waals surface area contributed by atoms with Crippen molar-refractivity contribution in [2.45, 2.75) is 39.9 Å². The smallest absolute Gasteiger partial charge is 0.258 e. The zero-order chi connectivity index (χ0) is 24.9. The summed E-state index contributed by atoms with van der Waals surface area (Å²) in [7, 11) is 1.52. The summed E-state index contributed by atoms with van der Waals surface area (Å²) in [5.74, 6) is 2.78. The molecule has 0 radical (unpaired) electrons. The van der Waals surface area contributed by atoms with Gasteiger partial charge in [0.15, 0.2) is 11.5 Å². The van der Waals surface area contributed by atoms with Gasteiger partial charge in [-0.2, -0.15) is 0 Å². The first-order valence-electron chi connectivity index (χ1n) is 11.5.